The quantitative estimate of drug-likeness (QED) is 0.752. The van der Waals surface area contributed by atoms with Crippen LogP contribution in [-0.2, 0) is 11.3 Å². The van der Waals surface area contributed by atoms with Crippen LogP contribution in [0.2, 0.25) is 0 Å². The highest BCUT2D eigenvalue weighted by atomic mass is 16.5. The van der Waals surface area contributed by atoms with Crippen molar-refractivity contribution in [1.82, 2.24) is 9.88 Å². The summed E-state index contributed by atoms with van der Waals surface area (Å²) in [7, 11) is 1.78. The Bertz CT molecular complexity index is 950. The first-order valence-corrected chi connectivity index (χ1v) is 9.76. The molecule has 1 N–H and O–H groups in total. The smallest absolute Gasteiger partial charge is 0.124 e. The summed E-state index contributed by atoms with van der Waals surface area (Å²) in [6.07, 6.45) is 2.03. The van der Waals surface area contributed by atoms with Crippen molar-refractivity contribution in [3.05, 3.63) is 65.4 Å². The van der Waals surface area contributed by atoms with E-state index in [2.05, 4.69) is 59.3 Å². The molecule has 2 aromatic carbocycles. The lowest BCUT2D eigenvalue weighted by Crippen LogP contribution is -2.27. The van der Waals surface area contributed by atoms with Crippen molar-refractivity contribution >= 4 is 10.9 Å². The van der Waals surface area contributed by atoms with Crippen LogP contribution in [-0.4, -0.2) is 36.8 Å². The fourth-order valence-electron chi connectivity index (χ4n) is 5.09. The van der Waals surface area contributed by atoms with Gasteiger partial charge in [0.05, 0.1) is 20.3 Å². The fraction of sp³-hybridized carbons (Fsp3) is 0.391. The maximum atomic E-state index is 5.82. The summed E-state index contributed by atoms with van der Waals surface area (Å²) in [5.74, 6) is 2.18. The van der Waals surface area contributed by atoms with Crippen molar-refractivity contribution in [2.75, 3.05) is 26.9 Å². The van der Waals surface area contributed by atoms with Crippen LogP contribution in [0.1, 0.15) is 22.7 Å². The summed E-state index contributed by atoms with van der Waals surface area (Å²) in [4.78, 5) is 6.02. The second kappa shape index (κ2) is 6.70. The van der Waals surface area contributed by atoms with Gasteiger partial charge in [0.25, 0.3) is 0 Å². The molecular formula is C23H26N2O2. The Kier molecular flexibility index (Phi) is 4.18. The van der Waals surface area contributed by atoms with E-state index < -0.39 is 0 Å². The molecule has 5 rings (SSSR count). The van der Waals surface area contributed by atoms with Crippen LogP contribution in [0.4, 0.5) is 0 Å². The van der Waals surface area contributed by atoms with Gasteiger partial charge in [-0.25, -0.2) is 0 Å². The number of H-pyrrole nitrogens is 1. The number of aromatic nitrogens is 1. The summed E-state index contributed by atoms with van der Waals surface area (Å²) in [5, 5.41) is 1.27. The Balaban J connectivity index is 1.56. The van der Waals surface area contributed by atoms with E-state index in [1.165, 1.54) is 27.6 Å². The monoisotopic (exact) mass is 362 g/mol. The number of likely N-dealkylation sites (tertiary alicyclic amines) is 1. The normalized spacial score (nSPS) is 25.2. The molecule has 0 bridgehead atoms. The minimum absolute atomic E-state index is 0.402. The Morgan fingerprint density at radius 3 is 2.85 bits per heavy atom. The summed E-state index contributed by atoms with van der Waals surface area (Å²) in [5.41, 5.74) is 5.11. The van der Waals surface area contributed by atoms with Gasteiger partial charge in [-0.1, -0.05) is 30.3 Å². The summed E-state index contributed by atoms with van der Waals surface area (Å²) < 4.78 is 11.6. The molecule has 3 aromatic rings. The van der Waals surface area contributed by atoms with E-state index in [1.54, 1.807) is 7.11 Å². The minimum atomic E-state index is 0.402. The van der Waals surface area contributed by atoms with Gasteiger partial charge in [0.15, 0.2) is 0 Å². The van der Waals surface area contributed by atoms with E-state index in [0.717, 1.165) is 32.1 Å². The first-order valence-electron chi connectivity index (χ1n) is 9.76. The topological polar surface area (TPSA) is 37.5 Å². The molecule has 1 aromatic heterocycles. The lowest BCUT2D eigenvalue weighted by molar-refractivity contribution is 0.126. The number of fused-ring (bicyclic) bond motifs is 2. The van der Waals surface area contributed by atoms with Crippen LogP contribution in [0.15, 0.2) is 48.7 Å². The average molecular weight is 362 g/mol. The average Bonchev–Trinajstić information content (AvgIpc) is 3.40. The Labute approximate surface area is 160 Å². The van der Waals surface area contributed by atoms with Crippen LogP contribution < -0.4 is 4.74 Å². The molecule has 2 unspecified atom stereocenters. The zero-order valence-electron chi connectivity index (χ0n) is 15.9. The number of aromatic amines is 1. The van der Waals surface area contributed by atoms with Crippen molar-refractivity contribution in [3.63, 3.8) is 0 Å². The highest BCUT2D eigenvalue weighted by molar-refractivity contribution is 5.88. The van der Waals surface area contributed by atoms with E-state index in [0.29, 0.717) is 17.9 Å². The predicted molar refractivity (Wildman–Crippen MR) is 107 cm³/mol. The van der Waals surface area contributed by atoms with Gasteiger partial charge in [-0.2, -0.15) is 0 Å². The Hall–Kier alpha value is -2.30. The van der Waals surface area contributed by atoms with Crippen LogP contribution >= 0.6 is 0 Å². The predicted octanol–water partition coefficient (Wildman–Crippen LogP) is 4.30. The second-order valence-corrected chi connectivity index (χ2v) is 7.89. The summed E-state index contributed by atoms with van der Waals surface area (Å²) >= 11 is 0. The van der Waals surface area contributed by atoms with Gasteiger partial charge in [-0.05, 0) is 30.2 Å². The number of nitrogens with zero attached hydrogens (tertiary/aromatic N) is 1. The first-order chi connectivity index (χ1) is 13.3. The number of aryl methyl sites for hydroxylation is 1. The molecule has 0 saturated carbocycles. The van der Waals surface area contributed by atoms with Gasteiger partial charge < -0.3 is 14.5 Å². The number of rotatable bonds is 4. The number of ether oxygens (including phenoxy) is 2. The third-order valence-electron chi connectivity index (χ3n) is 6.35. The van der Waals surface area contributed by atoms with Gasteiger partial charge in [0.2, 0.25) is 0 Å². The summed E-state index contributed by atoms with van der Waals surface area (Å²) in [6, 6.07) is 15.6. The third kappa shape index (κ3) is 2.75. The highest BCUT2D eigenvalue weighted by Gasteiger charge is 2.45. The molecule has 3 atom stereocenters. The van der Waals surface area contributed by atoms with Crippen molar-refractivity contribution in [2.45, 2.75) is 19.5 Å². The maximum absolute atomic E-state index is 5.82. The number of hydrogen-bond donors (Lipinski definition) is 1. The van der Waals surface area contributed by atoms with Crippen molar-refractivity contribution in [3.8, 4) is 5.75 Å². The standard InChI is InChI=1S/C23H26N2O2/c1-15-10-21(26-2)19(18-8-9-24-22(15)18)12-25-11-17-13-27-14-20(17)23(25)16-6-4-3-5-7-16/h3-10,17,20,23-24H,11-14H2,1-2H3/t17-,20?,23?/m1/s1. The van der Waals surface area contributed by atoms with E-state index >= 15 is 0 Å². The molecule has 2 fully saturated rings. The number of methoxy groups -OCH3 is 1. The highest BCUT2D eigenvalue weighted by Crippen LogP contribution is 2.45. The summed E-state index contributed by atoms with van der Waals surface area (Å²) in [6.45, 7) is 5.85. The molecule has 0 spiro atoms. The molecule has 0 amide bonds. The lowest BCUT2D eigenvalue weighted by atomic mass is 9.89. The molecule has 4 nitrogen and oxygen atoms in total. The largest absolute Gasteiger partial charge is 0.496 e. The van der Waals surface area contributed by atoms with Gasteiger partial charge >= 0.3 is 0 Å². The van der Waals surface area contributed by atoms with Gasteiger partial charge in [0.1, 0.15) is 5.75 Å². The van der Waals surface area contributed by atoms with E-state index in [4.69, 9.17) is 9.47 Å². The van der Waals surface area contributed by atoms with E-state index in [-0.39, 0.29) is 0 Å². The van der Waals surface area contributed by atoms with Gasteiger partial charge in [-0.3, -0.25) is 4.90 Å². The van der Waals surface area contributed by atoms with Crippen LogP contribution in [0.3, 0.4) is 0 Å². The lowest BCUT2D eigenvalue weighted by Gasteiger charge is -2.29. The third-order valence-corrected chi connectivity index (χ3v) is 6.35. The number of hydrogen-bond acceptors (Lipinski definition) is 3. The number of benzene rings is 2. The number of nitrogens with one attached hydrogen (secondary N) is 1. The fourth-order valence-corrected chi connectivity index (χ4v) is 5.09. The SMILES string of the molecule is COc1cc(C)c2[nH]ccc2c1CN1C[C@@H]2COCC2C1c1ccccc1. The van der Waals surface area contributed by atoms with Gasteiger partial charge in [0, 0.05) is 53.6 Å². The maximum Gasteiger partial charge on any atom is 0.124 e. The molecular weight excluding hydrogens is 336 g/mol. The molecule has 4 heteroatoms. The molecule has 140 valence electrons. The molecule has 2 aliphatic rings. The van der Waals surface area contributed by atoms with E-state index in [9.17, 15) is 0 Å². The second-order valence-electron chi connectivity index (χ2n) is 7.89. The molecule has 0 aliphatic carbocycles. The molecule has 27 heavy (non-hydrogen) atoms. The van der Waals surface area contributed by atoms with Crippen molar-refractivity contribution < 1.29 is 9.47 Å². The van der Waals surface area contributed by atoms with Crippen LogP contribution in [0, 0.1) is 18.8 Å². The first kappa shape index (κ1) is 16.8. The Morgan fingerprint density at radius 1 is 1.19 bits per heavy atom. The Morgan fingerprint density at radius 2 is 2.04 bits per heavy atom. The van der Waals surface area contributed by atoms with E-state index in [1.807, 2.05) is 6.20 Å². The molecule has 2 saturated heterocycles. The zero-order chi connectivity index (χ0) is 18.4. The zero-order valence-corrected chi connectivity index (χ0v) is 15.9. The van der Waals surface area contributed by atoms with Crippen molar-refractivity contribution in [2.24, 2.45) is 11.8 Å². The van der Waals surface area contributed by atoms with Crippen LogP contribution in [0.25, 0.3) is 10.9 Å². The minimum Gasteiger partial charge on any atom is -0.496 e. The molecule has 3 heterocycles. The van der Waals surface area contributed by atoms with Crippen LogP contribution in [0.5, 0.6) is 5.75 Å². The van der Waals surface area contributed by atoms with Crippen molar-refractivity contribution in [1.29, 1.82) is 0 Å². The van der Waals surface area contributed by atoms with Gasteiger partial charge in [-0.15, -0.1) is 0 Å². The molecule has 2 aliphatic heterocycles. The molecule has 0 radical (unpaired) electrons.